The van der Waals surface area contributed by atoms with Crippen LogP contribution in [0.15, 0.2) is 54.6 Å². The minimum absolute atomic E-state index is 0.0584. The van der Waals surface area contributed by atoms with Gasteiger partial charge in [-0.05, 0) is 31.5 Å². The van der Waals surface area contributed by atoms with E-state index >= 15 is 0 Å². The molecule has 0 radical (unpaired) electrons. The fourth-order valence-corrected chi connectivity index (χ4v) is 3.05. The topological polar surface area (TPSA) is 102 Å². The standard InChI is InChI=1S/C22H24N2O5S/c1-15-8-10-18(11-9-15)23-21(27)14-30-16(2)22(28)29-13-20(26)24-19(25)12-17-6-4-3-5-7-17/h3-11,16H,12-14H2,1-2H3,(H,23,27)(H,24,25,26)/t16-/m0/s1. The summed E-state index contributed by atoms with van der Waals surface area (Å²) in [4.78, 5) is 47.6. The number of ether oxygens (including phenoxy) is 1. The summed E-state index contributed by atoms with van der Waals surface area (Å²) in [6.45, 7) is 2.98. The predicted octanol–water partition coefficient (Wildman–Crippen LogP) is 2.48. The number of esters is 1. The number of hydrogen-bond donors (Lipinski definition) is 2. The maximum Gasteiger partial charge on any atom is 0.319 e. The van der Waals surface area contributed by atoms with E-state index in [4.69, 9.17) is 4.74 Å². The number of imide groups is 1. The molecule has 2 aromatic rings. The molecule has 0 heterocycles. The van der Waals surface area contributed by atoms with Crippen LogP contribution in [-0.2, 0) is 30.3 Å². The van der Waals surface area contributed by atoms with Gasteiger partial charge in [-0.25, -0.2) is 0 Å². The Morgan fingerprint density at radius 3 is 2.27 bits per heavy atom. The molecule has 0 aliphatic heterocycles. The molecule has 158 valence electrons. The molecule has 2 N–H and O–H groups in total. The molecular weight excluding hydrogens is 404 g/mol. The van der Waals surface area contributed by atoms with Crippen molar-refractivity contribution in [3.05, 3.63) is 65.7 Å². The van der Waals surface area contributed by atoms with Crippen LogP contribution in [-0.4, -0.2) is 41.3 Å². The van der Waals surface area contributed by atoms with Gasteiger partial charge in [-0.1, -0.05) is 48.0 Å². The number of rotatable bonds is 9. The summed E-state index contributed by atoms with van der Waals surface area (Å²) in [5.41, 5.74) is 2.54. The highest BCUT2D eigenvalue weighted by atomic mass is 32.2. The van der Waals surface area contributed by atoms with E-state index in [1.807, 2.05) is 25.1 Å². The van der Waals surface area contributed by atoms with Crippen LogP contribution in [0.4, 0.5) is 5.69 Å². The van der Waals surface area contributed by atoms with Crippen LogP contribution in [0.1, 0.15) is 18.1 Å². The zero-order valence-electron chi connectivity index (χ0n) is 16.8. The second-order valence-electron chi connectivity index (χ2n) is 6.61. The molecule has 0 aliphatic carbocycles. The Bertz CT molecular complexity index is 884. The lowest BCUT2D eigenvalue weighted by Gasteiger charge is -2.11. The maximum absolute atomic E-state index is 12.0. The smallest absolute Gasteiger partial charge is 0.319 e. The molecule has 2 aromatic carbocycles. The van der Waals surface area contributed by atoms with Gasteiger partial charge in [-0.2, -0.15) is 0 Å². The van der Waals surface area contributed by atoms with Gasteiger partial charge in [-0.3, -0.25) is 24.5 Å². The van der Waals surface area contributed by atoms with Crippen LogP contribution in [0.25, 0.3) is 0 Å². The number of nitrogens with one attached hydrogen (secondary N) is 2. The summed E-state index contributed by atoms with van der Waals surface area (Å²) in [6, 6.07) is 16.4. The van der Waals surface area contributed by atoms with Crippen molar-refractivity contribution >= 4 is 41.1 Å². The molecule has 0 bridgehead atoms. The van der Waals surface area contributed by atoms with Gasteiger partial charge in [0, 0.05) is 5.69 Å². The zero-order valence-corrected chi connectivity index (χ0v) is 17.7. The fraction of sp³-hybridized carbons (Fsp3) is 0.273. The Hall–Kier alpha value is -3.13. The van der Waals surface area contributed by atoms with Crippen molar-refractivity contribution < 1.29 is 23.9 Å². The molecule has 0 aromatic heterocycles. The van der Waals surface area contributed by atoms with Gasteiger partial charge in [0.15, 0.2) is 6.61 Å². The second kappa shape index (κ2) is 11.8. The Labute approximate surface area is 179 Å². The highest BCUT2D eigenvalue weighted by Gasteiger charge is 2.19. The average molecular weight is 429 g/mol. The normalized spacial score (nSPS) is 11.3. The minimum atomic E-state index is -0.696. The van der Waals surface area contributed by atoms with Gasteiger partial charge >= 0.3 is 5.97 Å². The fourth-order valence-electron chi connectivity index (χ4n) is 2.37. The molecule has 2 rings (SSSR count). The van der Waals surface area contributed by atoms with E-state index in [2.05, 4.69) is 10.6 Å². The number of aryl methyl sites for hydroxylation is 1. The largest absolute Gasteiger partial charge is 0.455 e. The lowest BCUT2D eigenvalue weighted by atomic mass is 10.1. The number of hydrogen-bond acceptors (Lipinski definition) is 6. The molecule has 3 amide bonds. The molecule has 7 nitrogen and oxygen atoms in total. The second-order valence-corrected chi connectivity index (χ2v) is 7.94. The van der Waals surface area contributed by atoms with Gasteiger partial charge in [0.05, 0.1) is 12.2 Å². The summed E-state index contributed by atoms with van der Waals surface area (Å²) >= 11 is 1.10. The Morgan fingerprint density at radius 2 is 1.60 bits per heavy atom. The molecule has 8 heteroatoms. The van der Waals surface area contributed by atoms with E-state index < -0.39 is 29.6 Å². The lowest BCUT2D eigenvalue weighted by molar-refractivity contribution is -0.148. The van der Waals surface area contributed by atoms with Crippen molar-refractivity contribution in [2.75, 3.05) is 17.7 Å². The van der Waals surface area contributed by atoms with Crippen LogP contribution < -0.4 is 10.6 Å². The van der Waals surface area contributed by atoms with Gasteiger partial charge in [0.1, 0.15) is 5.25 Å². The van der Waals surface area contributed by atoms with Crippen molar-refractivity contribution in [1.82, 2.24) is 5.32 Å². The van der Waals surface area contributed by atoms with Crippen molar-refractivity contribution in [3.8, 4) is 0 Å². The molecule has 0 unspecified atom stereocenters. The van der Waals surface area contributed by atoms with Gasteiger partial charge in [0.25, 0.3) is 5.91 Å². The number of thioether (sulfide) groups is 1. The molecule has 0 spiro atoms. The highest BCUT2D eigenvalue weighted by Crippen LogP contribution is 2.14. The molecule has 0 saturated heterocycles. The minimum Gasteiger partial charge on any atom is -0.455 e. The molecule has 1 atom stereocenters. The average Bonchev–Trinajstić information content (AvgIpc) is 2.72. The summed E-state index contributed by atoms with van der Waals surface area (Å²) in [6.07, 6.45) is 0.0584. The van der Waals surface area contributed by atoms with Gasteiger partial charge in [0.2, 0.25) is 11.8 Å². The third-order valence-electron chi connectivity index (χ3n) is 3.96. The van der Waals surface area contributed by atoms with Gasteiger partial charge in [-0.15, -0.1) is 11.8 Å². The first kappa shape index (κ1) is 23.2. The summed E-state index contributed by atoms with van der Waals surface area (Å²) in [5.74, 6) is -1.98. The van der Waals surface area contributed by atoms with E-state index in [-0.39, 0.29) is 18.1 Å². The van der Waals surface area contributed by atoms with Gasteiger partial charge < -0.3 is 10.1 Å². The Balaban J connectivity index is 1.65. The van der Waals surface area contributed by atoms with Crippen LogP contribution in [0.5, 0.6) is 0 Å². The number of benzene rings is 2. The first-order chi connectivity index (χ1) is 14.3. The number of amides is 3. The SMILES string of the molecule is Cc1ccc(NC(=O)CS[C@@H](C)C(=O)OCC(=O)NC(=O)Cc2ccccc2)cc1. The molecule has 0 fully saturated rings. The Kier molecular flexibility index (Phi) is 9.08. The summed E-state index contributed by atoms with van der Waals surface area (Å²) in [5, 5.41) is 4.28. The quantitative estimate of drug-likeness (QED) is 0.595. The van der Waals surface area contributed by atoms with Crippen molar-refractivity contribution in [2.24, 2.45) is 0 Å². The third kappa shape index (κ3) is 8.48. The van der Waals surface area contributed by atoms with E-state index in [1.54, 1.807) is 43.3 Å². The number of anilines is 1. The first-order valence-corrected chi connectivity index (χ1v) is 10.4. The number of carbonyl (C=O) groups excluding carboxylic acids is 4. The zero-order chi connectivity index (χ0) is 21.9. The van der Waals surface area contributed by atoms with Crippen molar-refractivity contribution in [2.45, 2.75) is 25.5 Å². The van der Waals surface area contributed by atoms with Crippen LogP contribution >= 0.6 is 11.8 Å². The Morgan fingerprint density at radius 1 is 0.933 bits per heavy atom. The van der Waals surface area contributed by atoms with Crippen LogP contribution in [0.3, 0.4) is 0 Å². The monoisotopic (exact) mass is 428 g/mol. The first-order valence-electron chi connectivity index (χ1n) is 9.35. The van der Waals surface area contributed by atoms with E-state index in [0.717, 1.165) is 22.9 Å². The predicted molar refractivity (Wildman–Crippen MR) is 116 cm³/mol. The van der Waals surface area contributed by atoms with E-state index in [9.17, 15) is 19.2 Å². The molecule has 0 aliphatic rings. The van der Waals surface area contributed by atoms with Crippen LogP contribution in [0.2, 0.25) is 0 Å². The molecule has 0 saturated carbocycles. The van der Waals surface area contributed by atoms with Crippen molar-refractivity contribution in [1.29, 1.82) is 0 Å². The maximum atomic E-state index is 12.0. The lowest BCUT2D eigenvalue weighted by Crippen LogP contribution is -2.36. The van der Waals surface area contributed by atoms with E-state index in [0.29, 0.717) is 5.69 Å². The van der Waals surface area contributed by atoms with Crippen LogP contribution in [0, 0.1) is 6.92 Å². The summed E-state index contributed by atoms with van der Waals surface area (Å²) < 4.78 is 4.92. The number of carbonyl (C=O) groups is 4. The van der Waals surface area contributed by atoms with Crippen molar-refractivity contribution in [3.63, 3.8) is 0 Å². The molecular formula is C22H24N2O5S. The van der Waals surface area contributed by atoms with E-state index in [1.165, 1.54) is 0 Å². The highest BCUT2D eigenvalue weighted by molar-refractivity contribution is 8.01. The molecule has 30 heavy (non-hydrogen) atoms. The third-order valence-corrected chi connectivity index (χ3v) is 5.08. The summed E-state index contributed by atoms with van der Waals surface area (Å²) in [7, 11) is 0.